The Morgan fingerprint density at radius 1 is 0.692 bits per heavy atom. The molecule has 0 aromatic rings. The predicted octanol–water partition coefficient (Wildman–Crippen LogP) is 8.38. The predicted molar refractivity (Wildman–Crippen MR) is 206 cm³/mol. The van der Waals surface area contributed by atoms with E-state index < -0.39 is 57.9 Å². The van der Waals surface area contributed by atoms with Gasteiger partial charge in [0.05, 0.1) is 25.9 Å². The van der Waals surface area contributed by atoms with Gasteiger partial charge in [-0.2, -0.15) is 0 Å². The molecule has 4 N–H and O–H groups in total. The average molecular weight is 757 g/mol. The number of carbonyl (C=O) groups is 2. The summed E-state index contributed by atoms with van der Waals surface area (Å²) in [6, 6.07) is 0. The number of phosphoric ester groups is 1. The van der Waals surface area contributed by atoms with E-state index in [-0.39, 0.29) is 19.4 Å². The number of hydrogen-bond donors (Lipinski definition) is 4. The third kappa shape index (κ3) is 34.7. The minimum Gasteiger partial charge on any atom is -0.462 e. The lowest BCUT2D eigenvalue weighted by Gasteiger charge is -2.20. The van der Waals surface area contributed by atoms with Crippen molar-refractivity contribution in [2.24, 2.45) is 5.92 Å². The second kappa shape index (κ2) is 34.4. The first-order valence-electron chi connectivity index (χ1n) is 19.2. The van der Waals surface area contributed by atoms with Gasteiger partial charge in [-0.05, 0) is 50.9 Å². The van der Waals surface area contributed by atoms with Gasteiger partial charge in [0.1, 0.15) is 12.7 Å². The lowest BCUT2D eigenvalue weighted by Crippen LogP contribution is -2.29. The molecule has 0 amide bonds. The first-order chi connectivity index (χ1) is 25.0. The van der Waals surface area contributed by atoms with Crippen LogP contribution in [0, 0.1) is 5.92 Å². The standard InChI is InChI=1S/C40H69O11P/c1-4-36(42)28-24-20-16-11-9-7-5-6-8-10-12-18-22-26-30-40(45)51-38(34-50-52(46,47)49-32-37(43)31-41)33-48-39(44)29-25-21-17-14-13-15-19-23-27-35(2)3/h6-9,12,16,18,20,24,28,35-38,41-43H,4-5,10-11,13-15,17,19,21-23,25-27,29-34H2,1-3H3,(H,46,47)/b8-6-,9-7-,18-12-,20-16-,28-24+/t36-,37+,38-/m1/s1. The van der Waals surface area contributed by atoms with E-state index in [0.717, 1.165) is 44.4 Å². The quantitative estimate of drug-likeness (QED) is 0.0164. The number of allylic oxidation sites excluding steroid dienone is 9. The number of carbonyl (C=O) groups excluding carboxylic acids is 2. The Hall–Kier alpha value is -2.37. The maximum Gasteiger partial charge on any atom is 0.472 e. The van der Waals surface area contributed by atoms with Crippen molar-refractivity contribution >= 4 is 19.8 Å². The molecule has 0 fully saturated rings. The monoisotopic (exact) mass is 756 g/mol. The zero-order valence-corrected chi connectivity index (χ0v) is 32.9. The number of esters is 2. The van der Waals surface area contributed by atoms with Crippen LogP contribution >= 0.6 is 7.82 Å². The zero-order chi connectivity index (χ0) is 38.7. The number of ether oxygens (including phenoxy) is 2. The van der Waals surface area contributed by atoms with Crippen molar-refractivity contribution in [2.45, 2.75) is 148 Å². The minimum absolute atomic E-state index is 0.0898. The molecule has 52 heavy (non-hydrogen) atoms. The maximum atomic E-state index is 12.5. The Balaban J connectivity index is 4.51. The van der Waals surface area contributed by atoms with Crippen LogP contribution in [0.25, 0.3) is 0 Å². The van der Waals surface area contributed by atoms with Crippen LogP contribution in [-0.4, -0.2) is 76.9 Å². The van der Waals surface area contributed by atoms with E-state index in [2.05, 4.69) is 42.7 Å². The second-order valence-electron chi connectivity index (χ2n) is 13.3. The van der Waals surface area contributed by atoms with Crippen molar-refractivity contribution in [2.75, 3.05) is 26.4 Å². The Kier molecular flexibility index (Phi) is 32.8. The topological polar surface area (TPSA) is 169 Å². The summed E-state index contributed by atoms with van der Waals surface area (Å²) in [5, 5.41) is 27.7. The molecule has 300 valence electrons. The summed E-state index contributed by atoms with van der Waals surface area (Å²) in [5.74, 6) is -0.267. The minimum atomic E-state index is -4.64. The summed E-state index contributed by atoms with van der Waals surface area (Å²) < 4.78 is 32.5. The van der Waals surface area contributed by atoms with Crippen molar-refractivity contribution in [3.63, 3.8) is 0 Å². The number of rotatable bonds is 34. The van der Waals surface area contributed by atoms with Crippen molar-refractivity contribution < 1.29 is 52.9 Å². The molecule has 11 nitrogen and oxygen atoms in total. The van der Waals surface area contributed by atoms with Gasteiger partial charge >= 0.3 is 19.8 Å². The lowest BCUT2D eigenvalue weighted by molar-refractivity contribution is -0.161. The van der Waals surface area contributed by atoms with Crippen molar-refractivity contribution in [1.82, 2.24) is 0 Å². The van der Waals surface area contributed by atoms with Crippen LogP contribution in [0.3, 0.4) is 0 Å². The van der Waals surface area contributed by atoms with Gasteiger partial charge in [-0.1, -0.05) is 133 Å². The Labute approximate surface area is 313 Å². The highest BCUT2D eigenvalue weighted by atomic mass is 31.2. The SMILES string of the molecule is CC[C@@H](O)/C=C/C=C\C/C=C\C/C=C\C/C=C\CCCC(=O)O[C@H](COC(=O)CCCCCCCCCCC(C)C)COP(=O)(O)OC[C@@H](O)CO. The fourth-order valence-electron chi connectivity index (χ4n) is 4.63. The molecule has 0 rings (SSSR count). The number of aliphatic hydroxyl groups excluding tert-OH is 3. The summed E-state index contributed by atoms with van der Waals surface area (Å²) >= 11 is 0. The van der Waals surface area contributed by atoms with Crippen molar-refractivity contribution in [3.8, 4) is 0 Å². The molecule has 12 heteroatoms. The summed E-state index contributed by atoms with van der Waals surface area (Å²) in [5.41, 5.74) is 0. The maximum absolute atomic E-state index is 12.5. The fourth-order valence-corrected chi connectivity index (χ4v) is 5.42. The third-order valence-corrected chi connectivity index (χ3v) is 8.72. The molecule has 0 aliphatic rings. The second-order valence-corrected chi connectivity index (χ2v) is 14.7. The summed E-state index contributed by atoms with van der Waals surface area (Å²) in [6.45, 7) is 4.21. The van der Waals surface area contributed by atoms with Gasteiger partial charge < -0.3 is 29.7 Å². The molecular weight excluding hydrogens is 687 g/mol. The van der Waals surface area contributed by atoms with Crippen molar-refractivity contribution in [3.05, 3.63) is 60.8 Å². The molecule has 0 radical (unpaired) electrons. The number of aliphatic hydroxyl groups is 3. The van der Waals surface area contributed by atoms with Crippen LogP contribution in [0.5, 0.6) is 0 Å². The summed E-state index contributed by atoms with van der Waals surface area (Å²) in [4.78, 5) is 34.8. The highest BCUT2D eigenvalue weighted by molar-refractivity contribution is 7.47. The fraction of sp³-hybridized carbons (Fsp3) is 0.700. The molecule has 0 aromatic heterocycles. The smallest absolute Gasteiger partial charge is 0.462 e. The van der Waals surface area contributed by atoms with Crippen LogP contribution in [0.15, 0.2) is 60.8 Å². The molecule has 1 unspecified atom stereocenters. The van der Waals surface area contributed by atoms with Gasteiger partial charge in [0.2, 0.25) is 0 Å². The molecule has 0 bridgehead atoms. The molecular formula is C40H69O11P. The number of phosphoric acid groups is 1. The largest absolute Gasteiger partial charge is 0.472 e. The summed E-state index contributed by atoms with van der Waals surface area (Å²) in [7, 11) is -4.64. The Morgan fingerprint density at radius 2 is 1.25 bits per heavy atom. The van der Waals surface area contributed by atoms with Gasteiger partial charge in [-0.15, -0.1) is 0 Å². The van der Waals surface area contributed by atoms with E-state index in [1.54, 1.807) is 6.08 Å². The van der Waals surface area contributed by atoms with Crippen molar-refractivity contribution in [1.29, 1.82) is 0 Å². The Morgan fingerprint density at radius 3 is 1.87 bits per heavy atom. The molecule has 0 heterocycles. The van der Waals surface area contributed by atoms with Gasteiger partial charge in [-0.25, -0.2) is 4.57 Å². The molecule has 0 aliphatic carbocycles. The van der Waals surface area contributed by atoms with Gasteiger partial charge in [-0.3, -0.25) is 18.6 Å². The average Bonchev–Trinajstić information content (AvgIpc) is 3.11. The van der Waals surface area contributed by atoms with Crippen LogP contribution in [0.4, 0.5) is 0 Å². The van der Waals surface area contributed by atoms with E-state index in [0.29, 0.717) is 25.7 Å². The molecule has 4 atom stereocenters. The van der Waals surface area contributed by atoms with Gasteiger partial charge in [0.15, 0.2) is 6.10 Å². The molecule has 0 saturated heterocycles. The number of unbranched alkanes of at least 4 members (excludes halogenated alkanes) is 8. The highest BCUT2D eigenvalue weighted by Crippen LogP contribution is 2.43. The first-order valence-corrected chi connectivity index (χ1v) is 20.7. The molecule has 0 aliphatic heterocycles. The normalized spacial score (nSPS) is 15.4. The molecule has 0 spiro atoms. The van der Waals surface area contributed by atoms with Crippen LogP contribution < -0.4 is 0 Å². The summed E-state index contributed by atoms with van der Waals surface area (Å²) in [6.07, 6.45) is 31.7. The third-order valence-electron chi connectivity index (χ3n) is 7.77. The van der Waals surface area contributed by atoms with Gasteiger partial charge in [0, 0.05) is 12.8 Å². The van der Waals surface area contributed by atoms with Crippen LogP contribution in [-0.2, 0) is 32.7 Å². The molecule has 0 aromatic carbocycles. The van der Waals surface area contributed by atoms with Gasteiger partial charge in [0.25, 0.3) is 0 Å². The van der Waals surface area contributed by atoms with Crippen LogP contribution in [0.2, 0.25) is 0 Å². The lowest BCUT2D eigenvalue weighted by atomic mass is 10.0. The van der Waals surface area contributed by atoms with E-state index in [1.165, 1.54) is 32.1 Å². The van der Waals surface area contributed by atoms with Crippen LogP contribution in [0.1, 0.15) is 130 Å². The first kappa shape index (κ1) is 49.6. The Bertz CT molecular complexity index is 1080. The number of hydrogen-bond acceptors (Lipinski definition) is 10. The van der Waals surface area contributed by atoms with E-state index in [9.17, 15) is 29.3 Å². The highest BCUT2D eigenvalue weighted by Gasteiger charge is 2.27. The molecule has 0 saturated carbocycles. The van der Waals surface area contributed by atoms with E-state index in [4.69, 9.17) is 19.1 Å². The zero-order valence-electron chi connectivity index (χ0n) is 32.0. The van der Waals surface area contributed by atoms with E-state index >= 15 is 0 Å². The van der Waals surface area contributed by atoms with E-state index in [1.807, 2.05) is 37.3 Å².